The van der Waals surface area contributed by atoms with Crippen molar-refractivity contribution in [1.29, 1.82) is 5.26 Å². The summed E-state index contributed by atoms with van der Waals surface area (Å²) in [5.74, 6) is -0.905. The van der Waals surface area contributed by atoms with Gasteiger partial charge in [0.1, 0.15) is 28.1 Å². The Balaban J connectivity index is 1.81. The monoisotopic (exact) mass is 361 g/mol. The fourth-order valence-electron chi connectivity index (χ4n) is 3.95. The molecule has 3 aliphatic carbocycles. The van der Waals surface area contributed by atoms with Gasteiger partial charge < -0.3 is 10.6 Å². The molecule has 0 heterocycles. The normalized spacial score (nSPS) is 23.7. The van der Waals surface area contributed by atoms with Crippen molar-refractivity contribution in [3.05, 3.63) is 22.0 Å². The highest BCUT2D eigenvalue weighted by molar-refractivity contribution is 6.49. The van der Waals surface area contributed by atoms with Gasteiger partial charge in [0.05, 0.1) is 0 Å². The molecule has 0 aliphatic heterocycles. The first kappa shape index (κ1) is 18.0. The Kier molecular flexibility index (Phi) is 5.80. The standard InChI is InChI=1S/C19H24ClN3O2/c20-15-17(23-13-9-5-2-6-10-13)18(24)14(11-21)16(19(15)25)22-12-7-3-1-4-8-12/h12-13,22-23H,1-10H2. The van der Waals surface area contributed by atoms with Crippen molar-refractivity contribution in [3.63, 3.8) is 0 Å². The molecule has 0 saturated heterocycles. The van der Waals surface area contributed by atoms with E-state index >= 15 is 0 Å². The summed E-state index contributed by atoms with van der Waals surface area (Å²) in [5.41, 5.74) is 0.0705. The number of carbonyl (C=O) groups excluding carboxylic acids is 2. The summed E-state index contributed by atoms with van der Waals surface area (Å²) in [6.45, 7) is 0. The Morgan fingerprint density at radius 1 is 0.800 bits per heavy atom. The molecule has 25 heavy (non-hydrogen) atoms. The fraction of sp³-hybridized carbons (Fsp3) is 0.632. The molecule has 0 bridgehead atoms. The van der Waals surface area contributed by atoms with E-state index in [1.54, 1.807) is 0 Å². The minimum atomic E-state index is -0.462. The molecule has 5 nitrogen and oxygen atoms in total. The Morgan fingerprint density at radius 2 is 1.28 bits per heavy atom. The number of carbonyl (C=O) groups is 2. The van der Waals surface area contributed by atoms with Crippen LogP contribution in [0.25, 0.3) is 0 Å². The highest BCUT2D eigenvalue weighted by Gasteiger charge is 2.36. The summed E-state index contributed by atoms with van der Waals surface area (Å²) in [6.07, 6.45) is 10.5. The summed E-state index contributed by atoms with van der Waals surface area (Å²) < 4.78 is 0. The van der Waals surface area contributed by atoms with Crippen molar-refractivity contribution in [1.82, 2.24) is 10.6 Å². The van der Waals surface area contributed by atoms with E-state index < -0.39 is 11.6 Å². The molecule has 0 radical (unpaired) electrons. The summed E-state index contributed by atoms with van der Waals surface area (Å²) in [4.78, 5) is 25.5. The van der Waals surface area contributed by atoms with Crippen molar-refractivity contribution >= 4 is 23.2 Å². The molecule has 0 spiro atoms. The Morgan fingerprint density at radius 3 is 1.76 bits per heavy atom. The third kappa shape index (κ3) is 3.90. The van der Waals surface area contributed by atoms with E-state index in [2.05, 4.69) is 10.6 Å². The number of hydrogen-bond donors (Lipinski definition) is 2. The average molecular weight is 362 g/mol. The minimum Gasteiger partial charge on any atom is -0.378 e. The SMILES string of the molecule is N#CC1=C(NC2CCCCC2)C(=O)C(Cl)=C(NC2CCCCC2)C1=O. The van der Waals surface area contributed by atoms with Crippen molar-refractivity contribution < 1.29 is 9.59 Å². The lowest BCUT2D eigenvalue weighted by Gasteiger charge is -2.29. The first-order valence-corrected chi connectivity index (χ1v) is 9.66. The molecule has 2 fully saturated rings. The molecule has 3 aliphatic rings. The van der Waals surface area contributed by atoms with Crippen LogP contribution < -0.4 is 10.6 Å². The van der Waals surface area contributed by atoms with E-state index in [0.29, 0.717) is 0 Å². The molecule has 2 saturated carbocycles. The summed E-state index contributed by atoms with van der Waals surface area (Å²) in [5, 5.41) is 15.7. The van der Waals surface area contributed by atoms with Gasteiger partial charge in [-0.2, -0.15) is 5.26 Å². The predicted molar refractivity (Wildman–Crippen MR) is 95.5 cm³/mol. The zero-order valence-corrected chi connectivity index (χ0v) is 15.1. The second-order valence-corrected chi connectivity index (χ2v) is 7.55. The zero-order valence-electron chi connectivity index (χ0n) is 14.4. The molecule has 0 aromatic rings. The number of ketones is 2. The lowest BCUT2D eigenvalue weighted by molar-refractivity contribution is -0.116. The highest BCUT2D eigenvalue weighted by atomic mass is 35.5. The number of halogens is 1. The highest BCUT2D eigenvalue weighted by Crippen LogP contribution is 2.28. The Hall–Kier alpha value is -1.80. The van der Waals surface area contributed by atoms with Gasteiger partial charge in [-0.15, -0.1) is 0 Å². The molecular formula is C19H24ClN3O2. The molecule has 0 atom stereocenters. The second-order valence-electron chi connectivity index (χ2n) is 7.17. The maximum absolute atomic E-state index is 12.8. The van der Waals surface area contributed by atoms with E-state index in [9.17, 15) is 14.9 Å². The van der Waals surface area contributed by atoms with Gasteiger partial charge in [-0.05, 0) is 25.7 Å². The lowest BCUT2D eigenvalue weighted by Crippen LogP contribution is -2.41. The van der Waals surface area contributed by atoms with Gasteiger partial charge in [0.2, 0.25) is 11.6 Å². The third-order valence-corrected chi connectivity index (χ3v) is 5.73. The minimum absolute atomic E-state index is 0.0820. The number of rotatable bonds is 4. The smallest absolute Gasteiger partial charge is 0.223 e. The van der Waals surface area contributed by atoms with Crippen LogP contribution in [-0.2, 0) is 9.59 Å². The molecule has 6 heteroatoms. The van der Waals surface area contributed by atoms with E-state index in [1.165, 1.54) is 12.8 Å². The quantitative estimate of drug-likeness (QED) is 0.751. The number of nitriles is 1. The van der Waals surface area contributed by atoms with Crippen molar-refractivity contribution in [2.75, 3.05) is 0 Å². The Bertz CT molecular complexity index is 663. The van der Waals surface area contributed by atoms with Crippen LogP contribution in [0, 0.1) is 11.3 Å². The number of nitrogens with zero attached hydrogens (tertiary/aromatic N) is 1. The molecule has 0 aromatic carbocycles. The van der Waals surface area contributed by atoms with Crippen molar-refractivity contribution in [3.8, 4) is 6.07 Å². The zero-order chi connectivity index (χ0) is 17.8. The van der Waals surface area contributed by atoms with Crippen LogP contribution in [0.1, 0.15) is 64.2 Å². The average Bonchev–Trinajstić information content (AvgIpc) is 2.65. The van der Waals surface area contributed by atoms with Gasteiger partial charge in [-0.25, -0.2) is 0 Å². The molecule has 0 amide bonds. The summed E-state index contributed by atoms with van der Waals surface area (Å²) in [6, 6.07) is 2.19. The maximum atomic E-state index is 12.8. The lowest BCUT2D eigenvalue weighted by atomic mass is 9.91. The van der Waals surface area contributed by atoms with Gasteiger partial charge in [0, 0.05) is 12.1 Å². The second kappa shape index (κ2) is 8.05. The number of nitrogens with one attached hydrogen (secondary N) is 2. The van der Waals surface area contributed by atoms with Crippen LogP contribution >= 0.6 is 11.6 Å². The van der Waals surface area contributed by atoms with Gasteiger partial charge in [-0.1, -0.05) is 50.1 Å². The predicted octanol–water partition coefficient (Wildman–Crippen LogP) is 3.21. The van der Waals surface area contributed by atoms with E-state index in [-0.39, 0.29) is 34.1 Å². The van der Waals surface area contributed by atoms with Gasteiger partial charge >= 0.3 is 0 Å². The molecule has 2 N–H and O–H groups in total. The number of allylic oxidation sites excluding steroid dienone is 2. The van der Waals surface area contributed by atoms with E-state index in [0.717, 1.165) is 51.4 Å². The summed E-state index contributed by atoms with van der Waals surface area (Å²) >= 11 is 6.25. The van der Waals surface area contributed by atoms with Crippen LogP contribution in [0.15, 0.2) is 22.0 Å². The van der Waals surface area contributed by atoms with Crippen molar-refractivity contribution in [2.45, 2.75) is 76.3 Å². The van der Waals surface area contributed by atoms with Crippen LogP contribution in [0.3, 0.4) is 0 Å². The first-order valence-electron chi connectivity index (χ1n) is 9.28. The molecule has 0 unspecified atom stereocenters. The largest absolute Gasteiger partial charge is 0.378 e. The van der Waals surface area contributed by atoms with Crippen LogP contribution in [0.5, 0.6) is 0 Å². The van der Waals surface area contributed by atoms with Gasteiger partial charge in [0.15, 0.2) is 0 Å². The molecule has 134 valence electrons. The molecule has 0 aromatic heterocycles. The van der Waals surface area contributed by atoms with Crippen LogP contribution in [-0.4, -0.2) is 23.7 Å². The van der Waals surface area contributed by atoms with Gasteiger partial charge in [0.25, 0.3) is 0 Å². The summed E-state index contributed by atoms with van der Waals surface area (Å²) in [7, 11) is 0. The van der Waals surface area contributed by atoms with E-state index in [4.69, 9.17) is 11.6 Å². The van der Waals surface area contributed by atoms with Crippen molar-refractivity contribution in [2.24, 2.45) is 0 Å². The van der Waals surface area contributed by atoms with Gasteiger partial charge in [-0.3, -0.25) is 9.59 Å². The van der Waals surface area contributed by atoms with E-state index in [1.807, 2.05) is 6.07 Å². The fourth-order valence-corrected chi connectivity index (χ4v) is 4.19. The number of hydrogen-bond acceptors (Lipinski definition) is 5. The number of Topliss-reactive ketones (excluding diaryl/α,β-unsaturated/α-hetero) is 2. The first-order chi connectivity index (χ1) is 12.1. The third-order valence-electron chi connectivity index (χ3n) is 5.37. The van der Waals surface area contributed by atoms with Crippen LogP contribution in [0.2, 0.25) is 0 Å². The topological polar surface area (TPSA) is 82.0 Å². The maximum Gasteiger partial charge on any atom is 0.223 e. The molecule has 3 rings (SSSR count). The molecular weight excluding hydrogens is 338 g/mol. The van der Waals surface area contributed by atoms with Crippen LogP contribution in [0.4, 0.5) is 0 Å². The Labute approximate surface area is 153 Å².